The van der Waals surface area contributed by atoms with Crippen molar-refractivity contribution in [2.24, 2.45) is 0 Å². The number of rotatable bonds is 18. The molecule has 0 aliphatic carbocycles. The zero-order valence-corrected chi connectivity index (χ0v) is 34.1. The normalized spacial score (nSPS) is 15.0. The van der Waals surface area contributed by atoms with Gasteiger partial charge in [0.1, 0.15) is 23.2 Å². The summed E-state index contributed by atoms with van der Waals surface area (Å²) in [6.07, 6.45) is 11.0. The molecule has 5 amide bonds. The van der Waals surface area contributed by atoms with E-state index in [-0.39, 0.29) is 41.6 Å². The minimum absolute atomic E-state index is 0.0201. The lowest BCUT2D eigenvalue weighted by atomic mass is 10.0. The molecule has 1 fully saturated rings. The first-order valence-electron chi connectivity index (χ1n) is 19.7. The van der Waals surface area contributed by atoms with E-state index in [0.717, 1.165) is 53.7 Å². The van der Waals surface area contributed by atoms with Crippen LogP contribution >= 0.6 is 11.6 Å². The van der Waals surface area contributed by atoms with E-state index >= 15 is 0 Å². The lowest BCUT2D eigenvalue weighted by Gasteiger charge is -2.29. The van der Waals surface area contributed by atoms with E-state index in [1.165, 1.54) is 6.20 Å². The van der Waals surface area contributed by atoms with Gasteiger partial charge < -0.3 is 25.0 Å². The largest absolute Gasteiger partial charge is 0.495 e. The number of unbranched alkanes of at least 4 members (excludes halogenated alkanes) is 4. The third kappa shape index (κ3) is 11.0. The number of methoxy groups -OCH3 is 1. The van der Waals surface area contributed by atoms with Crippen molar-refractivity contribution in [3.63, 3.8) is 0 Å². The van der Waals surface area contributed by atoms with E-state index < -0.39 is 23.8 Å². The number of allylic oxidation sites excluding steroid dienone is 1. The van der Waals surface area contributed by atoms with Gasteiger partial charge in [0.05, 0.1) is 37.5 Å². The smallest absolute Gasteiger partial charge is 0.270 e. The summed E-state index contributed by atoms with van der Waals surface area (Å²) in [5.74, 6) is -0.616. The monoisotopic (exact) mass is 817 g/mol. The van der Waals surface area contributed by atoms with E-state index in [0.29, 0.717) is 53.8 Å². The number of nitrogens with zero attached hydrogens (tertiary/aromatic N) is 3. The molecule has 12 nitrogen and oxygen atoms in total. The van der Waals surface area contributed by atoms with E-state index in [9.17, 15) is 24.0 Å². The van der Waals surface area contributed by atoms with Crippen LogP contribution < -0.4 is 20.1 Å². The van der Waals surface area contributed by atoms with Gasteiger partial charge in [-0.3, -0.25) is 28.9 Å². The number of benzene rings is 3. The molecule has 2 aliphatic rings. The van der Waals surface area contributed by atoms with Gasteiger partial charge in [0.2, 0.25) is 11.8 Å². The van der Waals surface area contributed by atoms with Crippen LogP contribution in [-0.4, -0.2) is 77.7 Å². The van der Waals surface area contributed by atoms with Crippen LogP contribution in [0.5, 0.6) is 11.5 Å². The van der Waals surface area contributed by atoms with Crippen molar-refractivity contribution in [1.29, 1.82) is 0 Å². The zero-order valence-electron chi connectivity index (χ0n) is 33.3. The van der Waals surface area contributed by atoms with Gasteiger partial charge in [-0.2, -0.15) is 0 Å². The van der Waals surface area contributed by atoms with Crippen LogP contribution in [0, 0.1) is 0 Å². The fourth-order valence-corrected chi connectivity index (χ4v) is 7.12. The number of carbonyl (C=O) groups is 5. The average Bonchev–Trinajstić information content (AvgIpc) is 3.48. The van der Waals surface area contributed by atoms with Gasteiger partial charge in [-0.05, 0) is 78.8 Å². The van der Waals surface area contributed by atoms with Crippen molar-refractivity contribution in [3.8, 4) is 11.5 Å². The summed E-state index contributed by atoms with van der Waals surface area (Å²) in [7, 11) is 3.37. The number of carbonyl (C=O) groups excluding carboxylic acids is 5. The van der Waals surface area contributed by atoms with Crippen molar-refractivity contribution in [2.45, 2.75) is 64.0 Å². The van der Waals surface area contributed by atoms with Gasteiger partial charge in [-0.25, -0.2) is 4.98 Å². The molecule has 13 heteroatoms. The Kier molecular flexibility index (Phi) is 14.3. The summed E-state index contributed by atoms with van der Waals surface area (Å²) in [5, 5.41) is 6.22. The fourth-order valence-electron chi connectivity index (χ4n) is 6.99. The van der Waals surface area contributed by atoms with Crippen molar-refractivity contribution < 1.29 is 33.4 Å². The number of likely N-dealkylation sites (N-methyl/N-ethyl adjacent to an activating group) is 1. The molecule has 2 aliphatic heterocycles. The molecule has 59 heavy (non-hydrogen) atoms. The summed E-state index contributed by atoms with van der Waals surface area (Å²) in [4.78, 5) is 71.7. The molecule has 0 radical (unpaired) electrons. The maximum absolute atomic E-state index is 13.1. The number of hydrogen-bond donors (Lipinski definition) is 2. The minimum Gasteiger partial charge on any atom is -0.495 e. The molecule has 3 heterocycles. The quantitative estimate of drug-likeness (QED) is 0.0788. The topological polar surface area (TPSA) is 147 Å². The third-order valence-corrected chi connectivity index (χ3v) is 10.6. The number of hydrogen-bond acceptors (Lipinski definition) is 8. The number of imide groups is 1. The molecule has 306 valence electrons. The number of fused-ring (bicyclic) bond motifs is 1. The third-order valence-electron chi connectivity index (χ3n) is 10.3. The molecule has 2 N–H and O–H groups in total. The molecular formula is C46H48ClN5O7. The summed E-state index contributed by atoms with van der Waals surface area (Å²) >= 11 is 5.99. The van der Waals surface area contributed by atoms with E-state index in [4.69, 9.17) is 21.1 Å². The molecular weight excluding hydrogens is 770 g/mol. The van der Waals surface area contributed by atoms with Crippen molar-refractivity contribution in [2.75, 3.05) is 27.3 Å². The maximum Gasteiger partial charge on any atom is 0.270 e. The molecule has 6 rings (SSSR count). The highest BCUT2D eigenvalue weighted by molar-refractivity contribution is 6.30. The van der Waals surface area contributed by atoms with Crippen LogP contribution in [-0.2, 0) is 22.6 Å². The number of halogens is 1. The molecule has 0 spiro atoms. The molecule has 1 atom stereocenters. The SMILES string of the molecule is C=C1CCC(N2C(=O)c3ccc(OCCCCCCCN(C)C(=O)Cc4cccc(CNC(=O)c5cc(/C=C/c6ccc(Cl)cc6)c(OC)cn5)c4)cc3C2=O)C(=O)N1. The summed E-state index contributed by atoms with van der Waals surface area (Å²) in [6, 6.07) is 20.7. The van der Waals surface area contributed by atoms with Crippen LogP contribution in [0.3, 0.4) is 0 Å². The summed E-state index contributed by atoms with van der Waals surface area (Å²) in [6.45, 7) is 5.14. The number of piperidine rings is 1. The van der Waals surface area contributed by atoms with Gasteiger partial charge in [-0.15, -0.1) is 0 Å². The predicted octanol–water partition coefficient (Wildman–Crippen LogP) is 7.26. The van der Waals surface area contributed by atoms with E-state index in [2.05, 4.69) is 22.2 Å². The van der Waals surface area contributed by atoms with Crippen LogP contribution in [0.4, 0.5) is 0 Å². The number of ether oxygens (including phenoxy) is 2. The molecule has 4 aromatic rings. The van der Waals surface area contributed by atoms with Crippen molar-refractivity contribution >= 4 is 53.3 Å². The van der Waals surface area contributed by atoms with Crippen molar-refractivity contribution in [3.05, 3.63) is 135 Å². The molecule has 0 saturated carbocycles. The predicted molar refractivity (Wildman–Crippen MR) is 226 cm³/mol. The molecule has 0 bridgehead atoms. The van der Waals surface area contributed by atoms with Crippen LogP contribution in [0.15, 0.2) is 91.3 Å². The van der Waals surface area contributed by atoms with Crippen LogP contribution in [0.2, 0.25) is 5.02 Å². The van der Waals surface area contributed by atoms with Crippen LogP contribution in [0.1, 0.15) is 98.4 Å². The highest BCUT2D eigenvalue weighted by Gasteiger charge is 2.44. The lowest BCUT2D eigenvalue weighted by Crippen LogP contribution is -2.51. The Bertz CT molecular complexity index is 2260. The Hall–Kier alpha value is -6.27. The minimum atomic E-state index is -0.850. The van der Waals surface area contributed by atoms with Gasteiger partial charge in [-0.1, -0.05) is 86.0 Å². The second-order valence-corrected chi connectivity index (χ2v) is 15.1. The molecule has 1 unspecified atom stereocenters. The first kappa shape index (κ1) is 42.3. The average molecular weight is 818 g/mol. The molecule has 3 aromatic carbocycles. The van der Waals surface area contributed by atoms with Gasteiger partial charge >= 0.3 is 0 Å². The number of aromatic nitrogens is 1. The van der Waals surface area contributed by atoms with Gasteiger partial charge in [0.25, 0.3) is 17.7 Å². The van der Waals surface area contributed by atoms with Gasteiger partial charge in [0, 0.05) is 36.4 Å². The maximum atomic E-state index is 13.1. The van der Waals surface area contributed by atoms with Crippen LogP contribution in [0.25, 0.3) is 12.2 Å². The molecule has 1 aromatic heterocycles. The number of pyridine rings is 1. The summed E-state index contributed by atoms with van der Waals surface area (Å²) < 4.78 is 11.3. The van der Waals surface area contributed by atoms with Crippen molar-refractivity contribution in [1.82, 2.24) is 25.4 Å². The second kappa shape index (κ2) is 19.9. The zero-order chi connectivity index (χ0) is 41.9. The Morgan fingerprint density at radius 2 is 1.69 bits per heavy atom. The van der Waals surface area contributed by atoms with E-state index in [1.54, 1.807) is 36.3 Å². The highest BCUT2D eigenvalue weighted by Crippen LogP contribution is 2.31. The second-order valence-electron chi connectivity index (χ2n) is 14.6. The Labute approximate surface area is 349 Å². The number of amides is 5. The molecule has 1 saturated heterocycles. The Balaban J connectivity index is 0.875. The Morgan fingerprint density at radius 1 is 0.949 bits per heavy atom. The van der Waals surface area contributed by atoms with E-state index in [1.807, 2.05) is 67.7 Å². The standard InChI is InChI=1S/C46H48ClN5O7/c1-30-12-21-40(44(55)50-30)52-45(56)37-20-19-36(27-38(37)46(52)57)59-23-8-6-4-5-7-22-51(2)42(53)25-32-10-9-11-33(24-32)28-49-43(54)39-26-34(41(58-3)29-48-39)16-13-31-14-17-35(47)18-15-31/h9-11,13-20,24,26-27,29,40H,1,4-8,12,21-23,25,28H2,2-3H3,(H,49,54)(H,50,55)/b16-13+. The first-order chi connectivity index (χ1) is 28.5. The lowest BCUT2D eigenvalue weighted by molar-refractivity contribution is -0.129. The number of nitrogens with one attached hydrogen (secondary N) is 2. The fraction of sp³-hybridized carbons (Fsp3) is 0.304. The Morgan fingerprint density at radius 3 is 2.47 bits per heavy atom. The summed E-state index contributed by atoms with van der Waals surface area (Å²) in [5.41, 5.74) is 4.75. The van der Waals surface area contributed by atoms with Gasteiger partial charge in [0.15, 0.2) is 0 Å². The first-order valence-corrected chi connectivity index (χ1v) is 20.1. The highest BCUT2D eigenvalue weighted by atomic mass is 35.5.